The smallest absolute Gasteiger partial charge is 0.493 e. The Kier molecular flexibility index (Phi) is 13.9. The molecule has 2 atom stereocenters. The molecule has 0 aliphatic rings. The van der Waals surface area contributed by atoms with Crippen LogP contribution in [0, 0.1) is 6.92 Å². The first kappa shape index (κ1) is 31.8. The van der Waals surface area contributed by atoms with E-state index in [1.807, 2.05) is 80.6 Å². The first-order valence-corrected chi connectivity index (χ1v) is 11.8. The summed E-state index contributed by atoms with van der Waals surface area (Å²) in [5.41, 5.74) is 4.80. The van der Waals surface area contributed by atoms with Crippen molar-refractivity contribution in [2.45, 2.75) is 58.7 Å². The normalized spacial score (nSPS) is 12.0. The van der Waals surface area contributed by atoms with E-state index in [-0.39, 0.29) is 50.5 Å². The van der Waals surface area contributed by atoms with Crippen molar-refractivity contribution in [1.29, 1.82) is 0 Å². The predicted octanol–water partition coefficient (Wildman–Crippen LogP) is 1.45. The molecule has 0 fully saturated rings. The topological polar surface area (TPSA) is 76.0 Å². The summed E-state index contributed by atoms with van der Waals surface area (Å²) < 4.78 is 12.1. The molecule has 3 aromatic carbocycles. The standard InChI is InChI=1S/C29H34O5.BH4.Na/c1-4-22-10-14-27(26(19-22)29(32)24-8-6-5-7-9-24)34-21(3)16-17-33-25-13-11-23(20(2)18-25)12-15-28(30)31;;/h5-11,13-14,18-19,21,29,32H,4,12,15-17H2,1-3H3,(H,30,31);1H4;/q;-1;+1/t21-,29?;;/m1../s1. The van der Waals surface area contributed by atoms with Gasteiger partial charge in [-0.1, -0.05) is 57.8 Å². The summed E-state index contributed by atoms with van der Waals surface area (Å²) in [6.45, 7) is 6.54. The number of carboxylic acid groups (broad SMARTS) is 1. The van der Waals surface area contributed by atoms with Crippen LogP contribution in [0.15, 0.2) is 66.7 Å². The van der Waals surface area contributed by atoms with E-state index in [0.29, 0.717) is 25.2 Å². The number of aliphatic hydroxyl groups excluding tert-OH is 1. The molecule has 7 heteroatoms. The van der Waals surface area contributed by atoms with Crippen LogP contribution in [-0.2, 0) is 17.6 Å². The molecule has 0 heterocycles. The maximum absolute atomic E-state index is 11.0. The number of benzene rings is 3. The van der Waals surface area contributed by atoms with Crippen molar-refractivity contribution in [1.82, 2.24) is 0 Å². The fourth-order valence-corrected chi connectivity index (χ4v) is 3.85. The Labute approximate surface area is 238 Å². The number of hydrogen-bond donors (Lipinski definition) is 2. The average molecular weight is 500 g/mol. The van der Waals surface area contributed by atoms with E-state index in [1.165, 1.54) is 0 Å². The Morgan fingerprint density at radius 1 is 1.03 bits per heavy atom. The third-order valence-electron chi connectivity index (χ3n) is 5.94. The van der Waals surface area contributed by atoms with Gasteiger partial charge >= 0.3 is 35.5 Å². The summed E-state index contributed by atoms with van der Waals surface area (Å²) in [6, 6.07) is 21.4. The molecule has 0 aromatic heterocycles. The van der Waals surface area contributed by atoms with Gasteiger partial charge in [-0.25, -0.2) is 0 Å². The van der Waals surface area contributed by atoms with E-state index >= 15 is 0 Å². The molecule has 0 bridgehead atoms. The molecule has 5 nitrogen and oxygen atoms in total. The second-order valence-electron chi connectivity index (χ2n) is 8.59. The van der Waals surface area contributed by atoms with Crippen molar-refractivity contribution in [3.63, 3.8) is 0 Å². The molecular weight excluding hydrogens is 462 g/mol. The van der Waals surface area contributed by atoms with E-state index in [2.05, 4.69) is 6.92 Å². The van der Waals surface area contributed by atoms with Gasteiger partial charge in [0.2, 0.25) is 0 Å². The second kappa shape index (κ2) is 15.8. The molecule has 0 aliphatic carbocycles. The molecule has 0 saturated carbocycles. The van der Waals surface area contributed by atoms with Crippen LogP contribution < -0.4 is 39.0 Å². The van der Waals surface area contributed by atoms with E-state index in [4.69, 9.17) is 14.6 Å². The van der Waals surface area contributed by atoms with Crippen LogP contribution in [0.25, 0.3) is 0 Å². The molecule has 0 aliphatic heterocycles. The summed E-state index contributed by atoms with van der Waals surface area (Å²) in [7, 11) is 0. The van der Waals surface area contributed by atoms with Crippen LogP contribution in [0.3, 0.4) is 0 Å². The molecule has 2 N–H and O–H groups in total. The Morgan fingerprint density at radius 3 is 2.39 bits per heavy atom. The van der Waals surface area contributed by atoms with Crippen molar-refractivity contribution in [3.05, 3.63) is 94.5 Å². The number of aliphatic hydroxyl groups is 1. The van der Waals surface area contributed by atoms with Gasteiger partial charge in [0.1, 0.15) is 17.6 Å². The Hall–Kier alpha value is -2.25. The Morgan fingerprint density at radius 2 is 1.75 bits per heavy atom. The summed E-state index contributed by atoms with van der Waals surface area (Å²) in [4.78, 5) is 10.8. The van der Waals surface area contributed by atoms with Gasteiger partial charge in [-0.15, -0.1) is 0 Å². The van der Waals surface area contributed by atoms with Crippen molar-refractivity contribution in [2.24, 2.45) is 0 Å². The quantitative estimate of drug-likeness (QED) is 0.369. The molecule has 0 saturated heterocycles. The van der Waals surface area contributed by atoms with Crippen LogP contribution in [0.5, 0.6) is 11.5 Å². The molecule has 3 aromatic rings. The first-order chi connectivity index (χ1) is 16.4. The number of carboxylic acids is 1. The largest absolute Gasteiger partial charge is 1.00 e. The SMILES string of the molecule is CCc1ccc(O[C@H](C)CCOc2ccc(CCC(=O)O)c(C)c2)c(C(O)c2ccccc2)c1.[BH4-].[Na+]. The zero-order valence-electron chi connectivity index (χ0n) is 21.2. The number of aliphatic carboxylic acids is 1. The van der Waals surface area contributed by atoms with E-state index in [1.54, 1.807) is 0 Å². The van der Waals surface area contributed by atoms with Crippen LogP contribution in [0.2, 0.25) is 0 Å². The van der Waals surface area contributed by atoms with Crippen molar-refractivity contribution in [2.75, 3.05) is 6.61 Å². The minimum atomic E-state index is -0.794. The Bertz CT molecular complexity index is 1090. The average Bonchev–Trinajstić information content (AvgIpc) is 2.83. The number of hydrogen-bond acceptors (Lipinski definition) is 4. The van der Waals surface area contributed by atoms with Gasteiger partial charge in [0, 0.05) is 18.4 Å². The molecule has 188 valence electrons. The molecular formula is C29H38BNaO5. The fraction of sp³-hybridized carbons (Fsp3) is 0.345. The van der Waals surface area contributed by atoms with Crippen LogP contribution in [-0.4, -0.2) is 37.3 Å². The fourth-order valence-electron chi connectivity index (χ4n) is 3.85. The van der Waals surface area contributed by atoms with Gasteiger partial charge in [-0.05, 0) is 73.2 Å². The molecule has 1 unspecified atom stereocenters. The summed E-state index contributed by atoms with van der Waals surface area (Å²) in [5, 5.41) is 19.9. The van der Waals surface area contributed by atoms with Gasteiger partial charge in [-0.3, -0.25) is 4.79 Å². The number of aryl methyl sites for hydroxylation is 3. The number of ether oxygens (including phenoxy) is 2. The van der Waals surface area contributed by atoms with Crippen molar-refractivity contribution in [3.8, 4) is 11.5 Å². The monoisotopic (exact) mass is 500 g/mol. The molecule has 0 amide bonds. The van der Waals surface area contributed by atoms with Gasteiger partial charge in [-0.2, -0.15) is 0 Å². The van der Waals surface area contributed by atoms with Crippen molar-refractivity contribution >= 4 is 14.4 Å². The van der Waals surface area contributed by atoms with Gasteiger partial charge in [0.05, 0.1) is 12.7 Å². The van der Waals surface area contributed by atoms with E-state index < -0.39 is 12.1 Å². The molecule has 36 heavy (non-hydrogen) atoms. The minimum absolute atomic E-state index is 0. The Balaban J connectivity index is 0.00000324. The maximum Gasteiger partial charge on any atom is 1.00 e. The summed E-state index contributed by atoms with van der Waals surface area (Å²) in [6.07, 6.45) is 1.33. The summed E-state index contributed by atoms with van der Waals surface area (Å²) >= 11 is 0. The molecule has 0 radical (unpaired) electrons. The molecule has 0 spiro atoms. The van der Waals surface area contributed by atoms with Crippen LogP contribution in [0.4, 0.5) is 0 Å². The number of rotatable bonds is 12. The molecule has 3 rings (SSSR count). The zero-order chi connectivity index (χ0) is 24.5. The van der Waals surface area contributed by atoms with Crippen LogP contribution in [0.1, 0.15) is 60.6 Å². The second-order valence-corrected chi connectivity index (χ2v) is 8.59. The third-order valence-corrected chi connectivity index (χ3v) is 5.94. The van der Waals surface area contributed by atoms with Crippen LogP contribution >= 0.6 is 0 Å². The van der Waals surface area contributed by atoms with Crippen molar-refractivity contribution < 1.29 is 54.0 Å². The first-order valence-electron chi connectivity index (χ1n) is 11.8. The maximum atomic E-state index is 11.0. The zero-order valence-corrected chi connectivity index (χ0v) is 23.2. The number of carbonyl (C=O) groups is 1. The van der Waals surface area contributed by atoms with Gasteiger partial charge < -0.3 is 19.7 Å². The van der Waals surface area contributed by atoms with E-state index in [0.717, 1.165) is 40.0 Å². The minimum Gasteiger partial charge on any atom is -0.493 e. The predicted molar refractivity (Wildman–Crippen MR) is 145 cm³/mol. The van der Waals surface area contributed by atoms with Gasteiger partial charge in [0.15, 0.2) is 0 Å². The van der Waals surface area contributed by atoms with Gasteiger partial charge in [0.25, 0.3) is 0 Å². The summed E-state index contributed by atoms with van der Waals surface area (Å²) in [5.74, 6) is 0.647. The van der Waals surface area contributed by atoms with E-state index in [9.17, 15) is 9.90 Å². The third kappa shape index (κ3) is 9.32.